The van der Waals surface area contributed by atoms with E-state index in [1.807, 2.05) is 18.2 Å². The van der Waals surface area contributed by atoms with Crippen molar-refractivity contribution in [3.8, 4) is 33.9 Å². The second-order valence-corrected chi connectivity index (χ2v) is 14.8. The summed E-state index contributed by atoms with van der Waals surface area (Å²) in [7, 11) is 0. The molecule has 274 valence electrons. The summed E-state index contributed by atoms with van der Waals surface area (Å²) in [4.78, 5) is 15.5. The highest BCUT2D eigenvalue weighted by molar-refractivity contribution is 6.14. The molecular weight excluding hydrogens is 709 g/mol. The molecule has 0 spiro atoms. The van der Waals surface area contributed by atoms with Gasteiger partial charge in [0.05, 0.1) is 17.5 Å². The molecule has 0 N–H and O–H groups in total. The first-order valence-corrected chi connectivity index (χ1v) is 19.6. The van der Waals surface area contributed by atoms with E-state index in [1.165, 1.54) is 27.1 Å². The van der Waals surface area contributed by atoms with Gasteiger partial charge >= 0.3 is 0 Å². The Kier molecular flexibility index (Phi) is 8.04. The minimum absolute atomic E-state index is 0.376. The average molecular weight is 745 g/mol. The molecule has 0 radical (unpaired) electrons. The van der Waals surface area contributed by atoms with Crippen LogP contribution in [0.25, 0.3) is 100.0 Å². The van der Waals surface area contributed by atoms with Gasteiger partial charge in [0, 0.05) is 38.5 Å². The highest BCUT2D eigenvalue weighted by atomic mass is 16.3. The molecule has 0 unspecified atom stereocenters. The first-order valence-electron chi connectivity index (χ1n) is 19.6. The molecule has 3 heterocycles. The van der Waals surface area contributed by atoms with Crippen molar-refractivity contribution < 1.29 is 4.42 Å². The van der Waals surface area contributed by atoms with Crippen LogP contribution in [0.3, 0.4) is 0 Å². The molecular formula is C53H36N4O. The first kappa shape index (κ1) is 33.7. The fourth-order valence-electron chi connectivity index (χ4n) is 8.47. The maximum atomic E-state index is 6.73. The van der Waals surface area contributed by atoms with Crippen LogP contribution in [0.4, 0.5) is 0 Å². The molecule has 5 heteroatoms. The number of nitrogens with zero attached hydrogens (tertiary/aromatic N) is 4. The van der Waals surface area contributed by atoms with Crippen LogP contribution in [0, 0.1) is 0 Å². The maximum absolute atomic E-state index is 6.73. The van der Waals surface area contributed by atoms with Gasteiger partial charge in [-0.1, -0.05) is 158 Å². The summed E-state index contributed by atoms with van der Waals surface area (Å²) < 4.78 is 9.10. The van der Waals surface area contributed by atoms with Crippen LogP contribution in [-0.4, -0.2) is 19.5 Å². The number of hydrogen-bond donors (Lipinski definition) is 0. The van der Waals surface area contributed by atoms with Gasteiger partial charge < -0.3 is 8.98 Å². The van der Waals surface area contributed by atoms with Gasteiger partial charge in [-0.15, -0.1) is 0 Å². The second-order valence-electron chi connectivity index (χ2n) is 14.8. The third-order valence-corrected chi connectivity index (χ3v) is 11.2. The maximum Gasteiger partial charge on any atom is 0.164 e. The van der Waals surface area contributed by atoms with Gasteiger partial charge in [0.1, 0.15) is 17.2 Å². The van der Waals surface area contributed by atoms with Gasteiger partial charge in [-0.25, -0.2) is 15.0 Å². The number of rotatable bonds is 7. The fraction of sp³-hybridized carbons (Fsp3) is 0.0377. The summed E-state index contributed by atoms with van der Waals surface area (Å²) >= 11 is 0. The monoisotopic (exact) mass is 744 g/mol. The van der Waals surface area contributed by atoms with Crippen LogP contribution in [0.5, 0.6) is 0 Å². The van der Waals surface area contributed by atoms with Gasteiger partial charge in [0.25, 0.3) is 0 Å². The van der Waals surface area contributed by atoms with E-state index in [1.54, 1.807) is 0 Å². The molecule has 5 nitrogen and oxygen atoms in total. The molecule has 11 aromatic rings. The number of aromatic nitrogens is 4. The lowest BCUT2D eigenvalue weighted by Crippen LogP contribution is -2.04. The Morgan fingerprint density at radius 3 is 1.95 bits per heavy atom. The number of fused-ring (bicyclic) bond motifs is 6. The topological polar surface area (TPSA) is 56.7 Å². The molecule has 0 atom stereocenters. The Balaban J connectivity index is 1.07. The Bertz CT molecular complexity index is 3370. The van der Waals surface area contributed by atoms with Crippen LogP contribution < -0.4 is 0 Å². The van der Waals surface area contributed by atoms with Crippen molar-refractivity contribution in [1.29, 1.82) is 0 Å². The van der Waals surface area contributed by atoms with E-state index in [0.29, 0.717) is 23.9 Å². The zero-order valence-corrected chi connectivity index (χ0v) is 31.8. The number of para-hydroxylation sites is 2. The smallest absolute Gasteiger partial charge is 0.164 e. The van der Waals surface area contributed by atoms with Crippen molar-refractivity contribution in [3.05, 3.63) is 199 Å². The summed E-state index contributed by atoms with van der Waals surface area (Å²) in [6.07, 6.45) is 2.64. The van der Waals surface area contributed by atoms with Crippen LogP contribution in [0.1, 0.15) is 24.1 Å². The van der Waals surface area contributed by atoms with Gasteiger partial charge in [0.2, 0.25) is 0 Å². The lowest BCUT2D eigenvalue weighted by Gasteiger charge is -2.11. The minimum Gasteiger partial charge on any atom is -0.460 e. The minimum atomic E-state index is 0.376. The third kappa shape index (κ3) is 5.84. The first-order chi connectivity index (χ1) is 28.6. The van der Waals surface area contributed by atoms with Crippen LogP contribution in [0.15, 0.2) is 186 Å². The highest BCUT2D eigenvalue weighted by Crippen LogP contribution is 2.37. The van der Waals surface area contributed by atoms with Gasteiger partial charge in [-0.3, -0.25) is 0 Å². The van der Waals surface area contributed by atoms with E-state index >= 15 is 0 Å². The van der Waals surface area contributed by atoms with Crippen LogP contribution in [-0.2, 0) is 6.42 Å². The van der Waals surface area contributed by atoms with Crippen molar-refractivity contribution in [1.82, 2.24) is 19.5 Å². The number of benzene rings is 8. The molecule has 0 amide bonds. The molecule has 0 aliphatic heterocycles. The molecule has 0 saturated carbocycles. The molecule has 3 aromatic heterocycles. The summed E-state index contributed by atoms with van der Waals surface area (Å²) in [6, 6.07) is 63.7. The standard InChI is InChI=1S/C53H36N4O/c1-34(57-47-24-11-9-21-42(47)45-31-39-17-5-6-18-40(39)32-48(45)57)30-46-43-22-10-12-25-49(43)58-50(46)33-51-54-52(38-28-26-36(27-29-38)35-14-3-2-4-15-35)56-53(55-51)44-23-13-19-37-16-7-8-20-41(37)44/h2-32H,33H2,1H3/b34-30+. The molecule has 11 rings (SSSR count). The van der Waals surface area contributed by atoms with Gasteiger partial charge in [0.15, 0.2) is 11.6 Å². The van der Waals surface area contributed by atoms with Gasteiger partial charge in [-0.2, -0.15) is 0 Å². The molecule has 0 aliphatic rings. The van der Waals surface area contributed by atoms with Gasteiger partial charge in [-0.05, 0) is 69.9 Å². The lowest BCUT2D eigenvalue weighted by atomic mass is 10.0. The van der Waals surface area contributed by atoms with Crippen molar-refractivity contribution in [2.75, 3.05) is 0 Å². The Hall–Kier alpha value is -7.63. The predicted octanol–water partition coefficient (Wildman–Crippen LogP) is 13.6. The molecule has 0 fully saturated rings. The van der Waals surface area contributed by atoms with E-state index in [0.717, 1.165) is 66.5 Å². The third-order valence-electron chi connectivity index (χ3n) is 11.2. The summed E-state index contributed by atoms with van der Waals surface area (Å²) in [5.41, 5.74) is 9.44. The Labute approximate surface area is 335 Å². The van der Waals surface area contributed by atoms with Crippen LogP contribution >= 0.6 is 0 Å². The summed E-state index contributed by atoms with van der Waals surface area (Å²) in [5.74, 6) is 2.68. The van der Waals surface area contributed by atoms with E-state index in [-0.39, 0.29) is 0 Å². The SMILES string of the molecule is C/C(=C\c1c(Cc2nc(-c3ccc(-c4ccccc4)cc3)nc(-c3cccc4ccccc34)n2)oc2ccccc12)n1c2ccccc2c2cc3ccccc3cc21. The molecule has 0 bridgehead atoms. The highest BCUT2D eigenvalue weighted by Gasteiger charge is 2.20. The largest absolute Gasteiger partial charge is 0.460 e. The zero-order chi connectivity index (χ0) is 38.6. The van der Waals surface area contributed by atoms with Crippen LogP contribution in [0.2, 0.25) is 0 Å². The van der Waals surface area contributed by atoms with E-state index in [4.69, 9.17) is 19.4 Å². The van der Waals surface area contributed by atoms with Crippen molar-refractivity contribution in [2.45, 2.75) is 13.3 Å². The van der Waals surface area contributed by atoms with Crippen molar-refractivity contribution in [2.24, 2.45) is 0 Å². The number of hydrogen-bond acceptors (Lipinski definition) is 4. The summed E-state index contributed by atoms with van der Waals surface area (Å²) in [6.45, 7) is 2.19. The molecule has 8 aromatic carbocycles. The summed E-state index contributed by atoms with van der Waals surface area (Å²) in [5, 5.41) is 8.17. The molecule has 0 aliphatic carbocycles. The number of furan rings is 1. The Morgan fingerprint density at radius 2 is 1.12 bits per heavy atom. The zero-order valence-electron chi connectivity index (χ0n) is 31.8. The molecule has 58 heavy (non-hydrogen) atoms. The molecule has 0 saturated heterocycles. The predicted molar refractivity (Wildman–Crippen MR) is 239 cm³/mol. The normalized spacial score (nSPS) is 12.1. The van der Waals surface area contributed by atoms with E-state index in [9.17, 15) is 0 Å². The lowest BCUT2D eigenvalue weighted by molar-refractivity contribution is 0.556. The fourth-order valence-corrected chi connectivity index (χ4v) is 8.47. The van der Waals surface area contributed by atoms with Crippen molar-refractivity contribution in [3.63, 3.8) is 0 Å². The quantitative estimate of drug-likeness (QED) is 0.163. The van der Waals surface area contributed by atoms with Crippen molar-refractivity contribution >= 4 is 66.1 Å². The Morgan fingerprint density at radius 1 is 0.500 bits per heavy atom. The average Bonchev–Trinajstić information content (AvgIpc) is 3.79. The number of allylic oxidation sites excluding steroid dienone is 1. The second kappa shape index (κ2) is 13.8. The van der Waals surface area contributed by atoms with E-state index in [2.05, 4.69) is 181 Å². The van der Waals surface area contributed by atoms with E-state index < -0.39 is 0 Å².